The van der Waals surface area contributed by atoms with Gasteiger partial charge in [0.15, 0.2) is 0 Å². The van der Waals surface area contributed by atoms with Gasteiger partial charge in [-0.25, -0.2) is 0 Å². The van der Waals surface area contributed by atoms with Crippen LogP contribution in [0.3, 0.4) is 0 Å². The first-order chi connectivity index (χ1) is 4.13. The number of hydrogen-bond acceptors (Lipinski definition) is 2. The van der Waals surface area contributed by atoms with Gasteiger partial charge in [-0.05, 0) is 13.8 Å². The molecule has 1 heterocycles. The van der Waals surface area contributed by atoms with E-state index in [0.717, 1.165) is 0 Å². The maximum absolute atomic E-state index is 5.42. The van der Waals surface area contributed by atoms with Crippen LogP contribution in [-0.2, 0) is 4.84 Å². The minimum atomic E-state index is 0.394. The first-order valence-electron chi connectivity index (χ1n) is 3.52. The van der Waals surface area contributed by atoms with Crippen molar-refractivity contribution in [1.29, 1.82) is 0 Å². The van der Waals surface area contributed by atoms with Crippen molar-refractivity contribution in [2.24, 2.45) is 5.92 Å². The van der Waals surface area contributed by atoms with E-state index in [-0.39, 0.29) is 0 Å². The van der Waals surface area contributed by atoms with Gasteiger partial charge in [-0.2, -0.15) is 5.06 Å². The molecule has 9 heavy (non-hydrogen) atoms. The van der Waals surface area contributed by atoms with Crippen molar-refractivity contribution in [3.8, 4) is 0 Å². The van der Waals surface area contributed by atoms with E-state index >= 15 is 0 Å². The SMILES string of the molecule is CC1ON(C)C(C)[C@@H]1C. The number of hydrogen-bond donors (Lipinski definition) is 0. The summed E-state index contributed by atoms with van der Waals surface area (Å²) in [7, 11) is 1.99. The lowest BCUT2D eigenvalue weighted by molar-refractivity contribution is -0.135. The molecule has 0 radical (unpaired) electrons. The molecule has 0 aromatic carbocycles. The average molecular weight is 129 g/mol. The van der Waals surface area contributed by atoms with Gasteiger partial charge in [-0.1, -0.05) is 6.92 Å². The summed E-state index contributed by atoms with van der Waals surface area (Å²) in [6.45, 7) is 6.53. The maximum Gasteiger partial charge on any atom is 0.0806 e. The van der Waals surface area contributed by atoms with Gasteiger partial charge >= 0.3 is 0 Å². The Balaban J connectivity index is 2.54. The van der Waals surface area contributed by atoms with E-state index in [4.69, 9.17) is 4.84 Å². The molecular weight excluding hydrogens is 114 g/mol. The lowest BCUT2D eigenvalue weighted by Gasteiger charge is -2.13. The Bertz CT molecular complexity index is 93.1. The highest BCUT2D eigenvalue weighted by Gasteiger charge is 2.31. The van der Waals surface area contributed by atoms with Crippen LogP contribution in [0.2, 0.25) is 0 Å². The van der Waals surface area contributed by atoms with Crippen LogP contribution in [0.25, 0.3) is 0 Å². The average Bonchev–Trinajstić information content (AvgIpc) is 1.98. The van der Waals surface area contributed by atoms with Crippen LogP contribution in [0.1, 0.15) is 20.8 Å². The Morgan fingerprint density at radius 3 is 1.89 bits per heavy atom. The van der Waals surface area contributed by atoms with Crippen molar-refractivity contribution in [3.63, 3.8) is 0 Å². The largest absolute Gasteiger partial charge is 0.296 e. The summed E-state index contributed by atoms with van der Waals surface area (Å²) in [6, 6.07) is 0.569. The highest BCUT2D eigenvalue weighted by molar-refractivity contribution is 4.76. The lowest BCUT2D eigenvalue weighted by atomic mass is 10.0. The molecule has 2 unspecified atom stereocenters. The van der Waals surface area contributed by atoms with Crippen molar-refractivity contribution in [3.05, 3.63) is 0 Å². The van der Waals surface area contributed by atoms with Gasteiger partial charge in [0.05, 0.1) is 6.10 Å². The van der Waals surface area contributed by atoms with Crippen LogP contribution in [0, 0.1) is 5.92 Å². The quantitative estimate of drug-likeness (QED) is 0.488. The zero-order chi connectivity index (χ0) is 7.02. The monoisotopic (exact) mass is 129 g/mol. The lowest BCUT2D eigenvalue weighted by Crippen LogP contribution is -2.23. The number of rotatable bonds is 0. The fourth-order valence-corrected chi connectivity index (χ4v) is 1.18. The summed E-state index contributed by atoms with van der Waals surface area (Å²) in [4.78, 5) is 5.42. The third-order valence-electron chi connectivity index (χ3n) is 2.41. The minimum Gasteiger partial charge on any atom is -0.296 e. The summed E-state index contributed by atoms with van der Waals surface area (Å²) < 4.78 is 0. The molecule has 0 bridgehead atoms. The standard InChI is InChI=1S/C7H15NO/c1-5-6(2)8(4)9-7(5)3/h5-7H,1-4H3/t5-,6?,7?/m0/s1. The molecule has 0 aromatic rings. The van der Waals surface area contributed by atoms with Crippen molar-refractivity contribution in [2.75, 3.05) is 7.05 Å². The van der Waals surface area contributed by atoms with Crippen LogP contribution in [-0.4, -0.2) is 24.3 Å². The summed E-state index contributed by atoms with van der Waals surface area (Å²) in [5.74, 6) is 0.662. The molecule has 0 saturated carbocycles. The molecule has 2 nitrogen and oxygen atoms in total. The second kappa shape index (κ2) is 2.27. The maximum atomic E-state index is 5.42. The molecule has 1 rings (SSSR count). The van der Waals surface area contributed by atoms with Crippen LogP contribution in [0.5, 0.6) is 0 Å². The zero-order valence-corrected chi connectivity index (χ0v) is 6.59. The molecule has 0 amide bonds. The molecule has 54 valence electrons. The minimum absolute atomic E-state index is 0.394. The second-order valence-corrected chi connectivity index (χ2v) is 2.96. The highest BCUT2D eigenvalue weighted by Crippen LogP contribution is 2.24. The predicted octanol–water partition coefficient (Wildman–Crippen LogP) is 1.28. The van der Waals surface area contributed by atoms with Crippen molar-refractivity contribution in [2.45, 2.75) is 32.9 Å². The molecule has 1 fully saturated rings. The third-order valence-corrected chi connectivity index (χ3v) is 2.41. The summed E-state index contributed by atoms with van der Waals surface area (Å²) in [6.07, 6.45) is 0.394. The van der Waals surface area contributed by atoms with E-state index in [1.54, 1.807) is 0 Å². The van der Waals surface area contributed by atoms with Crippen molar-refractivity contribution in [1.82, 2.24) is 5.06 Å². The van der Waals surface area contributed by atoms with Gasteiger partial charge in [-0.3, -0.25) is 4.84 Å². The van der Waals surface area contributed by atoms with Crippen LogP contribution in [0.4, 0.5) is 0 Å². The van der Waals surface area contributed by atoms with Gasteiger partial charge in [0.1, 0.15) is 0 Å². The van der Waals surface area contributed by atoms with Crippen molar-refractivity contribution >= 4 is 0 Å². The third kappa shape index (κ3) is 1.10. The van der Waals surface area contributed by atoms with Gasteiger partial charge in [0.25, 0.3) is 0 Å². The molecule has 1 aliphatic heterocycles. The van der Waals surface area contributed by atoms with E-state index < -0.39 is 0 Å². The smallest absolute Gasteiger partial charge is 0.0806 e. The Morgan fingerprint density at radius 2 is 1.78 bits per heavy atom. The number of nitrogens with zero attached hydrogens (tertiary/aromatic N) is 1. The zero-order valence-electron chi connectivity index (χ0n) is 6.59. The van der Waals surface area contributed by atoms with Gasteiger partial charge < -0.3 is 0 Å². The highest BCUT2D eigenvalue weighted by atomic mass is 16.7. The molecule has 0 aliphatic carbocycles. The van der Waals surface area contributed by atoms with E-state index in [1.807, 2.05) is 12.1 Å². The van der Waals surface area contributed by atoms with Gasteiger partial charge in [0, 0.05) is 19.0 Å². The van der Waals surface area contributed by atoms with Gasteiger partial charge in [0.2, 0.25) is 0 Å². The molecule has 2 heteroatoms. The molecule has 0 spiro atoms. The van der Waals surface area contributed by atoms with E-state index in [9.17, 15) is 0 Å². The molecule has 3 atom stereocenters. The van der Waals surface area contributed by atoms with Crippen LogP contribution >= 0.6 is 0 Å². The summed E-state index contributed by atoms with van der Waals surface area (Å²) in [5, 5.41) is 1.94. The second-order valence-electron chi connectivity index (χ2n) is 2.96. The normalized spacial score (nSPS) is 46.0. The summed E-state index contributed by atoms with van der Waals surface area (Å²) in [5.41, 5.74) is 0. The molecule has 1 aliphatic rings. The fraction of sp³-hybridized carbons (Fsp3) is 1.00. The van der Waals surface area contributed by atoms with Crippen LogP contribution < -0.4 is 0 Å². The Labute approximate surface area is 56.8 Å². The molecule has 0 aromatic heterocycles. The van der Waals surface area contributed by atoms with Crippen LogP contribution in [0.15, 0.2) is 0 Å². The first-order valence-corrected chi connectivity index (χ1v) is 3.52. The molecule has 1 saturated heterocycles. The Kier molecular flexibility index (Phi) is 1.78. The fourth-order valence-electron chi connectivity index (χ4n) is 1.18. The molecular formula is C7H15NO. The predicted molar refractivity (Wildman–Crippen MR) is 36.9 cm³/mol. The number of hydroxylamine groups is 2. The van der Waals surface area contributed by atoms with Gasteiger partial charge in [-0.15, -0.1) is 0 Å². The topological polar surface area (TPSA) is 12.5 Å². The Morgan fingerprint density at radius 1 is 1.22 bits per heavy atom. The Hall–Kier alpha value is -0.0800. The van der Waals surface area contributed by atoms with Crippen molar-refractivity contribution < 1.29 is 4.84 Å². The summed E-state index contributed by atoms with van der Waals surface area (Å²) >= 11 is 0. The first kappa shape index (κ1) is 7.03. The van der Waals surface area contributed by atoms with E-state index in [2.05, 4.69) is 20.8 Å². The van der Waals surface area contributed by atoms with E-state index in [0.29, 0.717) is 18.1 Å². The van der Waals surface area contributed by atoms with E-state index in [1.165, 1.54) is 0 Å². The molecule has 0 N–H and O–H groups in total.